The molecule has 0 aromatic heterocycles. The number of ketones is 1. The molecular formula is C48H86N4O7. The zero-order valence-corrected chi connectivity index (χ0v) is 38.4. The van der Waals surface area contributed by atoms with E-state index in [1.807, 2.05) is 0 Å². The zero-order valence-electron chi connectivity index (χ0n) is 38.4. The molecule has 1 saturated heterocycles. The van der Waals surface area contributed by atoms with Gasteiger partial charge in [0.25, 0.3) is 0 Å². The molecule has 11 heteroatoms. The summed E-state index contributed by atoms with van der Waals surface area (Å²) in [6.07, 6.45) is 15.9. The number of likely N-dealkylation sites (N-methyl/N-ethyl adjacent to an activating group) is 1. The standard InChI is InChI=1S/C48H86N4O7/c1-32(2)11-9-12-33(3)39-16-17-40-38-15-14-35-29-37(18-21-47(35,5)41(38)19-22-48(39,40)6)58-28-10-13-36(53)30-50-25-27-52(7)26-24-49-23-20-43(54)51-31-42-34(4)44(55)45(56)46(57-8)59-42/h14,32-34,37-42,44-46,49-50,55-56H,9-13,15-31H2,1-8H3,(H,51,54)/t33-,34?,37?,38?,39-,40?,41?,42?,44?,45?,46?,47?,48?/m1/s1. The Morgan fingerprint density at radius 1 is 0.949 bits per heavy atom. The first-order chi connectivity index (χ1) is 28.2. The van der Waals surface area contributed by atoms with Crippen LogP contribution < -0.4 is 16.0 Å². The SMILES string of the molecule is COC1OC(CNC(=O)CCNCCN(C)CCNCC(=O)CCCOC2CCC3(C)C(=CCC4C3CCC3(C)C4CC[C@@H]3[C@H](C)CCCC(C)C)C2)C(C)C(O)C1O. The van der Waals surface area contributed by atoms with Gasteiger partial charge >= 0.3 is 0 Å². The predicted molar refractivity (Wildman–Crippen MR) is 235 cm³/mol. The summed E-state index contributed by atoms with van der Waals surface area (Å²) in [7, 11) is 3.47. The highest BCUT2D eigenvalue weighted by molar-refractivity contribution is 5.80. The molecule has 1 amide bonds. The molecule has 11 unspecified atom stereocenters. The number of carbonyl (C=O) groups is 2. The number of ether oxygens (including phenoxy) is 3. The van der Waals surface area contributed by atoms with Gasteiger partial charge in [0, 0.05) is 71.7 Å². The Balaban J connectivity index is 0.886. The van der Waals surface area contributed by atoms with E-state index in [0.717, 1.165) is 80.9 Å². The molecular weight excluding hydrogens is 745 g/mol. The van der Waals surface area contributed by atoms with Crippen LogP contribution in [-0.2, 0) is 23.8 Å². The number of hydrogen-bond acceptors (Lipinski definition) is 10. The van der Waals surface area contributed by atoms with E-state index in [-0.39, 0.29) is 24.2 Å². The Bertz CT molecular complexity index is 1350. The molecule has 11 nitrogen and oxygen atoms in total. The molecule has 1 heterocycles. The summed E-state index contributed by atoms with van der Waals surface area (Å²) >= 11 is 0. The average molecular weight is 831 g/mol. The first-order valence-electron chi connectivity index (χ1n) is 23.9. The molecule has 0 aromatic carbocycles. The van der Waals surface area contributed by atoms with Crippen molar-refractivity contribution in [2.75, 3.05) is 66.6 Å². The summed E-state index contributed by atoms with van der Waals surface area (Å²) in [6, 6.07) is 0. The molecule has 5 N–H and O–H groups in total. The maximum Gasteiger partial charge on any atom is 0.221 e. The van der Waals surface area contributed by atoms with E-state index in [0.29, 0.717) is 49.5 Å². The zero-order chi connectivity index (χ0) is 42.7. The van der Waals surface area contributed by atoms with Crippen LogP contribution in [0, 0.1) is 52.3 Å². The van der Waals surface area contributed by atoms with Crippen LogP contribution >= 0.6 is 0 Å². The molecule has 340 valence electrons. The number of allylic oxidation sites excluding steroid dienone is 1. The third kappa shape index (κ3) is 12.6. The summed E-state index contributed by atoms with van der Waals surface area (Å²) in [5.74, 6) is 4.99. The van der Waals surface area contributed by atoms with E-state index < -0.39 is 24.6 Å². The van der Waals surface area contributed by atoms with Gasteiger partial charge in [-0.25, -0.2) is 0 Å². The lowest BCUT2D eigenvalue weighted by Crippen LogP contribution is -2.56. The van der Waals surface area contributed by atoms with Crippen LogP contribution in [0.4, 0.5) is 0 Å². The van der Waals surface area contributed by atoms with E-state index in [1.165, 1.54) is 64.9 Å². The van der Waals surface area contributed by atoms with E-state index in [1.54, 1.807) is 12.5 Å². The minimum Gasteiger partial charge on any atom is -0.390 e. The van der Waals surface area contributed by atoms with Crippen molar-refractivity contribution in [3.8, 4) is 0 Å². The molecule has 59 heavy (non-hydrogen) atoms. The fraction of sp³-hybridized carbons (Fsp3) is 0.917. The molecule has 3 saturated carbocycles. The number of rotatable bonds is 24. The minimum absolute atomic E-state index is 0.103. The van der Waals surface area contributed by atoms with Gasteiger partial charge in [0.05, 0.1) is 24.9 Å². The number of aliphatic hydroxyl groups excluding tert-OH is 2. The van der Waals surface area contributed by atoms with Crippen molar-refractivity contribution in [2.45, 2.75) is 162 Å². The number of fused-ring (bicyclic) bond motifs is 5. The normalized spacial score (nSPS) is 36.2. The van der Waals surface area contributed by atoms with E-state index in [4.69, 9.17) is 14.2 Å². The van der Waals surface area contributed by atoms with Crippen molar-refractivity contribution in [1.82, 2.24) is 20.9 Å². The summed E-state index contributed by atoms with van der Waals surface area (Å²) in [4.78, 5) is 27.2. The van der Waals surface area contributed by atoms with Gasteiger partial charge in [0.2, 0.25) is 5.91 Å². The molecule has 4 fully saturated rings. The second kappa shape index (κ2) is 22.8. The van der Waals surface area contributed by atoms with Crippen LogP contribution in [0.25, 0.3) is 0 Å². The second-order valence-corrected chi connectivity index (χ2v) is 20.6. The van der Waals surface area contributed by atoms with Crippen molar-refractivity contribution < 1.29 is 34.0 Å². The van der Waals surface area contributed by atoms with Gasteiger partial charge < -0.3 is 45.3 Å². The van der Waals surface area contributed by atoms with Crippen LogP contribution in [0.3, 0.4) is 0 Å². The molecule has 5 rings (SSSR count). The number of aliphatic hydroxyl groups is 2. The molecule has 13 atom stereocenters. The molecule has 5 aliphatic rings. The van der Waals surface area contributed by atoms with Gasteiger partial charge in [-0.1, -0.05) is 72.5 Å². The topological polar surface area (TPSA) is 142 Å². The summed E-state index contributed by atoms with van der Waals surface area (Å²) in [5.41, 5.74) is 2.56. The first-order valence-corrected chi connectivity index (χ1v) is 23.9. The van der Waals surface area contributed by atoms with Gasteiger partial charge in [-0.2, -0.15) is 0 Å². The fourth-order valence-corrected chi connectivity index (χ4v) is 12.4. The second-order valence-electron chi connectivity index (χ2n) is 20.6. The Labute approximate surface area is 358 Å². The van der Waals surface area contributed by atoms with E-state index in [2.05, 4.69) is 68.6 Å². The van der Waals surface area contributed by atoms with Crippen LogP contribution in [0.5, 0.6) is 0 Å². The minimum atomic E-state index is -1.11. The number of amides is 1. The molecule has 0 radical (unpaired) electrons. The number of nitrogens with zero attached hydrogens (tertiary/aromatic N) is 1. The van der Waals surface area contributed by atoms with Crippen LogP contribution in [0.1, 0.15) is 131 Å². The largest absolute Gasteiger partial charge is 0.390 e. The summed E-state index contributed by atoms with van der Waals surface area (Å²) < 4.78 is 17.3. The fourth-order valence-electron chi connectivity index (χ4n) is 12.4. The molecule has 1 aliphatic heterocycles. The van der Waals surface area contributed by atoms with E-state index in [9.17, 15) is 19.8 Å². The number of hydrogen-bond donors (Lipinski definition) is 5. The maximum atomic E-state index is 12.6. The summed E-state index contributed by atoms with van der Waals surface area (Å²) in [6.45, 7) is 19.4. The molecule has 0 aromatic rings. The lowest BCUT2D eigenvalue weighted by atomic mass is 9.47. The number of nitrogens with one attached hydrogen (secondary N) is 3. The number of Topliss-reactive ketones (excluding diaryl/α,β-unsaturated/α-hetero) is 1. The molecule has 0 spiro atoms. The van der Waals surface area contributed by atoms with Crippen LogP contribution in [-0.4, -0.2) is 124 Å². The maximum absolute atomic E-state index is 12.6. The smallest absolute Gasteiger partial charge is 0.221 e. The van der Waals surface area contributed by atoms with E-state index >= 15 is 0 Å². The summed E-state index contributed by atoms with van der Waals surface area (Å²) in [5, 5.41) is 29.8. The molecule has 0 bridgehead atoms. The monoisotopic (exact) mass is 831 g/mol. The third-order valence-electron chi connectivity index (χ3n) is 16.2. The van der Waals surface area contributed by atoms with Gasteiger partial charge in [-0.05, 0) is 111 Å². The quantitative estimate of drug-likeness (QED) is 0.0572. The Hall–Kier alpha value is -1.44. The number of carbonyl (C=O) groups excluding carboxylic acids is 2. The van der Waals surface area contributed by atoms with Gasteiger partial charge in [0.15, 0.2) is 6.29 Å². The van der Waals surface area contributed by atoms with Crippen molar-refractivity contribution in [3.63, 3.8) is 0 Å². The van der Waals surface area contributed by atoms with Gasteiger partial charge in [-0.15, -0.1) is 0 Å². The van der Waals surface area contributed by atoms with Gasteiger partial charge in [0.1, 0.15) is 11.9 Å². The average Bonchev–Trinajstić information content (AvgIpc) is 3.57. The predicted octanol–water partition coefficient (Wildman–Crippen LogP) is 6.11. The van der Waals surface area contributed by atoms with Gasteiger partial charge in [-0.3, -0.25) is 9.59 Å². The highest BCUT2D eigenvalue weighted by Gasteiger charge is 2.59. The van der Waals surface area contributed by atoms with Crippen molar-refractivity contribution in [1.29, 1.82) is 0 Å². The first kappa shape index (κ1) is 48.6. The Morgan fingerprint density at radius 3 is 2.46 bits per heavy atom. The van der Waals surface area contributed by atoms with Crippen molar-refractivity contribution in [3.05, 3.63) is 11.6 Å². The Morgan fingerprint density at radius 2 is 1.71 bits per heavy atom. The lowest BCUT2D eigenvalue weighted by Gasteiger charge is -2.58. The van der Waals surface area contributed by atoms with Crippen LogP contribution in [0.2, 0.25) is 0 Å². The van der Waals surface area contributed by atoms with Crippen LogP contribution in [0.15, 0.2) is 11.6 Å². The highest BCUT2D eigenvalue weighted by atomic mass is 16.7. The molecule has 4 aliphatic carbocycles. The lowest BCUT2D eigenvalue weighted by molar-refractivity contribution is -0.274. The highest BCUT2D eigenvalue weighted by Crippen LogP contribution is 2.67. The third-order valence-corrected chi connectivity index (χ3v) is 16.2. The Kier molecular flexibility index (Phi) is 18.8. The van der Waals surface area contributed by atoms with Crippen molar-refractivity contribution in [2.24, 2.45) is 52.3 Å². The van der Waals surface area contributed by atoms with Crippen molar-refractivity contribution >= 4 is 11.7 Å². The number of methoxy groups -OCH3 is 1.